The van der Waals surface area contributed by atoms with Crippen molar-refractivity contribution in [1.82, 2.24) is 0 Å². The topological polar surface area (TPSA) is 0 Å². The zero-order valence-corrected chi connectivity index (χ0v) is 4.42. The van der Waals surface area contributed by atoms with Crippen LogP contribution in [0, 0.1) is 12.3 Å². The van der Waals surface area contributed by atoms with Gasteiger partial charge in [-0.05, 0) is 0 Å². The number of halogens is 3. The molecule has 0 aromatic heterocycles. The smallest absolute Gasteiger partial charge is 0.166 e. The summed E-state index contributed by atoms with van der Waals surface area (Å²) in [6.45, 7) is 0. The average Bonchev–Trinajstić information content (AvgIpc) is 2.39. The van der Waals surface area contributed by atoms with Crippen LogP contribution in [0.1, 0.15) is 6.42 Å². The third-order valence-corrected chi connectivity index (χ3v) is 1.11. The number of terminal acetylenes is 1. The first kappa shape index (κ1) is 6.21. The largest absolute Gasteiger partial charge is 0.413 e. The summed E-state index contributed by atoms with van der Waals surface area (Å²) in [6.07, 6.45) is 0.492. The molecule has 0 heterocycles. The Kier molecular flexibility index (Phi) is 1.06. The van der Waals surface area contributed by atoms with Crippen molar-refractivity contribution in [1.29, 1.82) is 0 Å². The van der Waals surface area contributed by atoms with Crippen LogP contribution in [0.2, 0.25) is 0 Å². The van der Waals surface area contributed by atoms with E-state index in [0.717, 1.165) is 0 Å². The van der Waals surface area contributed by atoms with Crippen molar-refractivity contribution in [2.75, 3.05) is 0 Å². The molecule has 0 bridgehead atoms. The molecule has 0 N–H and O–H groups in total. The van der Waals surface area contributed by atoms with Crippen molar-refractivity contribution in [3.8, 4) is 12.3 Å². The predicted molar refractivity (Wildman–Crippen MR) is 26.5 cm³/mol. The zero-order chi connectivity index (χ0) is 7.07. The lowest BCUT2D eigenvalue weighted by Crippen LogP contribution is -2.03. The van der Waals surface area contributed by atoms with Crippen molar-refractivity contribution in [2.24, 2.45) is 0 Å². The molecule has 0 aromatic carbocycles. The van der Waals surface area contributed by atoms with Crippen LogP contribution >= 0.6 is 0 Å². The second kappa shape index (κ2) is 1.53. The first-order valence-corrected chi connectivity index (χ1v) is 2.31. The highest BCUT2D eigenvalue weighted by atomic mass is 19.4. The molecule has 3 heteroatoms. The van der Waals surface area contributed by atoms with Crippen molar-refractivity contribution < 1.29 is 13.2 Å². The van der Waals surface area contributed by atoms with E-state index in [9.17, 15) is 13.2 Å². The zero-order valence-electron chi connectivity index (χ0n) is 4.42. The van der Waals surface area contributed by atoms with Crippen molar-refractivity contribution in [3.63, 3.8) is 0 Å². The maximum atomic E-state index is 11.5. The van der Waals surface area contributed by atoms with Crippen LogP contribution in [0.3, 0.4) is 0 Å². The van der Waals surface area contributed by atoms with Gasteiger partial charge in [0.25, 0.3) is 0 Å². The molecule has 1 aliphatic carbocycles. The van der Waals surface area contributed by atoms with Gasteiger partial charge in [-0.2, -0.15) is 13.2 Å². The third-order valence-electron chi connectivity index (χ3n) is 1.11. The standard InChI is InChI=1S/C6H3F3/c1-2-4-3-5(4)6(7,8)9/h1H,3H2. The third kappa shape index (κ3) is 1.07. The van der Waals surface area contributed by atoms with Gasteiger partial charge in [0, 0.05) is 17.6 Å². The number of hydrogen-bond acceptors (Lipinski definition) is 0. The normalized spacial score (nSPS) is 17.6. The van der Waals surface area contributed by atoms with E-state index in [1.165, 1.54) is 0 Å². The molecule has 0 aromatic rings. The lowest BCUT2D eigenvalue weighted by molar-refractivity contribution is -0.0875. The SMILES string of the molecule is C#CC1=C(C(F)(F)F)C1. The minimum Gasteiger partial charge on any atom is -0.166 e. The van der Waals surface area contributed by atoms with Crippen LogP contribution in [0.5, 0.6) is 0 Å². The summed E-state index contributed by atoms with van der Waals surface area (Å²) >= 11 is 0. The van der Waals surface area contributed by atoms with E-state index in [1.54, 1.807) is 0 Å². The summed E-state index contributed by atoms with van der Waals surface area (Å²) in [5, 5.41) is 0. The number of allylic oxidation sites excluding steroid dienone is 2. The number of hydrogen-bond donors (Lipinski definition) is 0. The molecular weight excluding hydrogens is 129 g/mol. The van der Waals surface area contributed by atoms with Crippen LogP contribution in [-0.2, 0) is 0 Å². The molecule has 0 saturated heterocycles. The van der Waals surface area contributed by atoms with Crippen molar-refractivity contribution in [3.05, 3.63) is 11.1 Å². The van der Waals surface area contributed by atoms with Crippen LogP contribution in [0.4, 0.5) is 13.2 Å². The molecule has 0 amide bonds. The first-order valence-electron chi connectivity index (χ1n) is 2.31. The lowest BCUT2D eigenvalue weighted by Gasteiger charge is -1.95. The van der Waals surface area contributed by atoms with Gasteiger partial charge in [0.05, 0.1) is 0 Å². The minimum absolute atomic E-state index is 0.0417. The van der Waals surface area contributed by atoms with Gasteiger partial charge in [-0.3, -0.25) is 0 Å². The molecule has 0 unspecified atom stereocenters. The van der Waals surface area contributed by atoms with Gasteiger partial charge < -0.3 is 0 Å². The van der Waals surface area contributed by atoms with E-state index < -0.39 is 11.7 Å². The highest BCUT2D eigenvalue weighted by molar-refractivity contribution is 5.50. The Balaban J connectivity index is 2.73. The summed E-state index contributed by atoms with van der Waals surface area (Å²) in [5.74, 6) is 1.96. The maximum absolute atomic E-state index is 11.5. The number of rotatable bonds is 0. The second-order valence-corrected chi connectivity index (χ2v) is 1.78. The van der Waals surface area contributed by atoms with Gasteiger partial charge in [-0.15, -0.1) is 6.42 Å². The van der Waals surface area contributed by atoms with Crippen LogP contribution < -0.4 is 0 Å². The molecule has 1 aliphatic rings. The Morgan fingerprint density at radius 2 is 2.00 bits per heavy atom. The highest BCUT2D eigenvalue weighted by Crippen LogP contribution is 2.43. The van der Waals surface area contributed by atoms with Gasteiger partial charge in [-0.1, -0.05) is 5.92 Å². The number of alkyl halides is 3. The molecule has 0 radical (unpaired) electrons. The Morgan fingerprint density at radius 3 is 2.11 bits per heavy atom. The first-order chi connectivity index (χ1) is 4.05. The fraction of sp³-hybridized carbons (Fsp3) is 0.333. The Bertz CT molecular complexity index is 201. The van der Waals surface area contributed by atoms with Crippen LogP contribution in [0.15, 0.2) is 11.1 Å². The van der Waals surface area contributed by atoms with Gasteiger partial charge in [-0.25, -0.2) is 0 Å². The molecule has 1 rings (SSSR count). The molecule has 0 fully saturated rings. The van der Waals surface area contributed by atoms with Gasteiger partial charge >= 0.3 is 6.18 Å². The summed E-state index contributed by atoms with van der Waals surface area (Å²) in [6, 6.07) is 0. The molecule has 0 spiro atoms. The van der Waals surface area contributed by atoms with E-state index >= 15 is 0 Å². The summed E-state index contributed by atoms with van der Waals surface area (Å²) in [5.41, 5.74) is -0.437. The summed E-state index contributed by atoms with van der Waals surface area (Å²) in [7, 11) is 0. The fourth-order valence-corrected chi connectivity index (χ4v) is 0.542. The highest BCUT2D eigenvalue weighted by Gasteiger charge is 2.43. The van der Waals surface area contributed by atoms with E-state index in [2.05, 4.69) is 0 Å². The maximum Gasteiger partial charge on any atom is 0.413 e. The molecule has 0 aliphatic heterocycles. The van der Waals surface area contributed by atoms with E-state index in [1.807, 2.05) is 5.92 Å². The molecule has 0 nitrogen and oxygen atoms in total. The molecule has 9 heavy (non-hydrogen) atoms. The Hall–Kier alpha value is -0.910. The minimum atomic E-state index is -4.18. The predicted octanol–water partition coefficient (Wildman–Crippen LogP) is 1.88. The fourth-order valence-electron chi connectivity index (χ4n) is 0.542. The van der Waals surface area contributed by atoms with Gasteiger partial charge in [0.2, 0.25) is 0 Å². The summed E-state index contributed by atoms with van der Waals surface area (Å²) in [4.78, 5) is 0. The van der Waals surface area contributed by atoms with Gasteiger partial charge in [0.15, 0.2) is 0 Å². The van der Waals surface area contributed by atoms with Gasteiger partial charge in [0.1, 0.15) is 0 Å². The molecule has 0 atom stereocenters. The Labute approximate surface area is 50.4 Å². The quantitative estimate of drug-likeness (QED) is 0.441. The lowest BCUT2D eigenvalue weighted by atomic mass is 10.5. The molecule has 48 valence electrons. The summed E-state index contributed by atoms with van der Waals surface area (Å²) < 4.78 is 34.6. The monoisotopic (exact) mass is 132 g/mol. The van der Waals surface area contributed by atoms with E-state index in [4.69, 9.17) is 6.42 Å². The second-order valence-electron chi connectivity index (χ2n) is 1.78. The average molecular weight is 132 g/mol. The Morgan fingerprint density at radius 1 is 1.44 bits per heavy atom. The van der Waals surface area contributed by atoms with Crippen molar-refractivity contribution in [2.45, 2.75) is 12.6 Å². The molecular formula is C6H3F3. The van der Waals surface area contributed by atoms with Crippen molar-refractivity contribution >= 4 is 0 Å². The van der Waals surface area contributed by atoms with Crippen LogP contribution in [0.25, 0.3) is 0 Å². The molecule has 0 saturated carbocycles. The van der Waals surface area contributed by atoms with Crippen LogP contribution in [-0.4, -0.2) is 6.18 Å². The van der Waals surface area contributed by atoms with E-state index in [0.29, 0.717) is 0 Å². The van der Waals surface area contributed by atoms with E-state index in [-0.39, 0.29) is 12.0 Å².